The van der Waals surface area contributed by atoms with Crippen LogP contribution in [0, 0.1) is 0 Å². The van der Waals surface area contributed by atoms with Gasteiger partial charge in [-0.15, -0.1) is 0 Å². The van der Waals surface area contributed by atoms with Crippen molar-refractivity contribution in [2.75, 3.05) is 0 Å². The number of alkyl halides is 10. The third kappa shape index (κ3) is 2.14. The summed E-state index contributed by atoms with van der Waals surface area (Å²) in [6, 6.07) is 0. The van der Waals surface area contributed by atoms with Gasteiger partial charge in [0, 0.05) is 0 Å². The lowest BCUT2D eigenvalue weighted by Gasteiger charge is -2.37. The van der Waals surface area contributed by atoms with Gasteiger partial charge >= 0.3 is 30.0 Å². The Balaban J connectivity index is 5.73. The molecule has 0 radical (unpaired) electrons. The van der Waals surface area contributed by atoms with E-state index >= 15 is 0 Å². The highest BCUT2D eigenvalue weighted by atomic mass is 19.4. The zero-order chi connectivity index (χ0) is 14.5. The highest BCUT2D eigenvalue weighted by Crippen LogP contribution is 2.53. The molecule has 0 saturated carbocycles. The van der Waals surface area contributed by atoms with Crippen LogP contribution in [-0.2, 0) is 0 Å². The molecule has 0 bridgehead atoms. The molecule has 0 spiro atoms. The normalized spacial score (nSPS) is 21.9. The van der Waals surface area contributed by atoms with Crippen LogP contribution in [0.15, 0.2) is 0 Å². The maximum atomic E-state index is 12.4. The van der Waals surface area contributed by atoms with Crippen LogP contribution in [0.4, 0.5) is 43.9 Å². The Morgan fingerprint density at radius 1 is 0.471 bits per heavy atom. The fraction of sp³-hybridized carbons (Fsp3) is 1.00. The first kappa shape index (κ1) is 16.2. The predicted octanol–water partition coefficient (Wildman–Crippen LogP) is 2.06. The van der Waals surface area contributed by atoms with E-state index in [2.05, 4.69) is 0 Å². The first-order valence-corrected chi connectivity index (χ1v) is 3.34. The molecule has 0 saturated heterocycles. The molecule has 2 N–H and O–H groups in total. The molecule has 0 fully saturated rings. The Kier molecular flexibility index (Phi) is 3.44. The molecule has 2 nitrogen and oxygen atoms in total. The Morgan fingerprint density at radius 2 is 0.765 bits per heavy atom. The number of rotatable bonds is 2. The monoisotopic (exact) mass is 284 g/mol. The molecule has 0 aromatic carbocycles. The largest absolute Gasteiger partial charge is 0.459 e. The molecule has 0 aliphatic carbocycles. The van der Waals surface area contributed by atoms with E-state index in [0.29, 0.717) is 0 Å². The van der Waals surface area contributed by atoms with Gasteiger partial charge in [0.2, 0.25) is 0 Å². The van der Waals surface area contributed by atoms with Crippen LogP contribution in [0.1, 0.15) is 0 Å². The lowest BCUT2D eigenvalue weighted by atomic mass is 10.0. The Bertz CT molecular complexity index is 258. The second kappa shape index (κ2) is 3.60. The van der Waals surface area contributed by atoms with Crippen molar-refractivity contribution < 1.29 is 54.1 Å². The first-order chi connectivity index (χ1) is 7.00. The van der Waals surface area contributed by atoms with E-state index in [1.54, 1.807) is 0 Å². The van der Waals surface area contributed by atoms with Gasteiger partial charge in [-0.1, -0.05) is 0 Å². The van der Waals surface area contributed by atoms with Gasteiger partial charge in [-0.25, -0.2) is 0 Å². The Labute approximate surface area is 85.4 Å². The molecule has 17 heavy (non-hydrogen) atoms. The molecule has 104 valence electrons. The summed E-state index contributed by atoms with van der Waals surface area (Å²) in [5.41, 5.74) is 0. The third-order valence-electron chi connectivity index (χ3n) is 1.59. The summed E-state index contributed by atoms with van der Waals surface area (Å²) in [5.74, 6) is -20.9. The summed E-state index contributed by atoms with van der Waals surface area (Å²) in [7, 11) is 0. The standard InChI is InChI=1S/C5H2F10O2/c6-1(7,4(10,11)12)2(8,16)3(9,17)5(13,14)15/h16-17H. The van der Waals surface area contributed by atoms with Crippen LogP contribution in [-0.4, -0.2) is 40.2 Å². The van der Waals surface area contributed by atoms with E-state index in [1.807, 2.05) is 0 Å². The van der Waals surface area contributed by atoms with Crippen LogP contribution in [0.5, 0.6) is 0 Å². The van der Waals surface area contributed by atoms with Crippen molar-refractivity contribution in [3.05, 3.63) is 0 Å². The van der Waals surface area contributed by atoms with Gasteiger partial charge in [-0.2, -0.15) is 43.9 Å². The van der Waals surface area contributed by atoms with E-state index in [4.69, 9.17) is 10.2 Å². The van der Waals surface area contributed by atoms with Crippen molar-refractivity contribution in [2.45, 2.75) is 30.0 Å². The molecule has 0 heterocycles. The minimum atomic E-state index is -7.18. The second-order valence-electron chi connectivity index (χ2n) is 2.81. The zero-order valence-corrected chi connectivity index (χ0v) is 7.17. The summed E-state index contributed by atoms with van der Waals surface area (Å²) < 4.78 is 118. The second-order valence-corrected chi connectivity index (χ2v) is 2.81. The lowest BCUT2D eigenvalue weighted by molar-refractivity contribution is -0.474. The molecule has 2 atom stereocenters. The number of hydrogen-bond donors (Lipinski definition) is 2. The SMILES string of the molecule is OC(F)(C(F)(F)F)C(O)(F)C(F)(F)C(F)(F)F. The summed E-state index contributed by atoms with van der Waals surface area (Å²) in [6.45, 7) is 0. The van der Waals surface area contributed by atoms with E-state index in [9.17, 15) is 43.9 Å². The minimum absolute atomic E-state index is 6.81. The van der Waals surface area contributed by atoms with Gasteiger partial charge in [0.05, 0.1) is 0 Å². The van der Waals surface area contributed by atoms with Crippen molar-refractivity contribution in [1.29, 1.82) is 0 Å². The van der Waals surface area contributed by atoms with Crippen molar-refractivity contribution >= 4 is 0 Å². The van der Waals surface area contributed by atoms with Crippen molar-refractivity contribution in [3.63, 3.8) is 0 Å². The van der Waals surface area contributed by atoms with Gasteiger partial charge < -0.3 is 10.2 Å². The maximum absolute atomic E-state index is 12.4. The zero-order valence-electron chi connectivity index (χ0n) is 7.17. The lowest BCUT2D eigenvalue weighted by Crippen LogP contribution is -2.69. The van der Waals surface area contributed by atoms with Crippen molar-refractivity contribution in [3.8, 4) is 0 Å². The topological polar surface area (TPSA) is 40.5 Å². The molecule has 2 unspecified atom stereocenters. The highest BCUT2D eigenvalue weighted by Gasteiger charge is 2.85. The Hall–Kier alpha value is -0.780. The maximum Gasteiger partial charge on any atom is 0.459 e. The number of aliphatic hydroxyl groups is 2. The van der Waals surface area contributed by atoms with Gasteiger partial charge in [-0.05, 0) is 0 Å². The molecule has 0 aliphatic rings. The molecule has 0 aromatic rings. The van der Waals surface area contributed by atoms with Gasteiger partial charge in [-0.3, -0.25) is 0 Å². The molecule has 0 aliphatic heterocycles. The van der Waals surface area contributed by atoms with E-state index < -0.39 is 30.0 Å². The van der Waals surface area contributed by atoms with E-state index in [-0.39, 0.29) is 0 Å². The molecule has 0 amide bonds. The highest BCUT2D eigenvalue weighted by molar-refractivity contribution is 5.02. The van der Waals surface area contributed by atoms with Crippen LogP contribution >= 0.6 is 0 Å². The number of hydrogen-bond acceptors (Lipinski definition) is 2. The fourth-order valence-corrected chi connectivity index (χ4v) is 0.584. The van der Waals surface area contributed by atoms with Crippen molar-refractivity contribution in [1.82, 2.24) is 0 Å². The molecule has 0 aromatic heterocycles. The predicted molar refractivity (Wildman–Crippen MR) is 29.2 cm³/mol. The van der Waals surface area contributed by atoms with E-state index in [0.717, 1.165) is 0 Å². The number of halogens is 10. The van der Waals surface area contributed by atoms with E-state index in [1.165, 1.54) is 0 Å². The van der Waals surface area contributed by atoms with Crippen LogP contribution in [0.25, 0.3) is 0 Å². The van der Waals surface area contributed by atoms with Crippen LogP contribution < -0.4 is 0 Å². The molecular weight excluding hydrogens is 282 g/mol. The van der Waals surface area contributed by atoms with Gasteiger partial charge in [0.15, 0.2) is 0 Å². The summed E-state index contributed by atoms with van der Waals surface area (Å²) in [4.78, 5) is 0. The fourth-order valence-electron chi connectivity index (χ4n) is 0.584. The van der Waals surface area contributed by atoms with Gasteiger partial charge in [0.25, 0.3) is 0 Å². The quantitative estimate of drug-likeness (QED) is 0.762. The Morgan fingerprint density at radius 3 is 0.941 bits per heavy atom. The summed E-state index contributed by atoms with van der Waals surface area (Å²) >= 11 is 0. The molecule has 12 heteroatoms. The summed E-state index contributed by atoms with van der Waals surface area (Å²) in [6.07, 6.45) is -14.0. The third-order valence-corrected chi connectivity index (χ3v) is 1.59. The first-order valence-electron chi connectivity index (χ1n) is 3.34. The van der Waals surface area contributed by atoms with Crippen LogP contribution in [0.3, 0.4) is 0 Å². The molecular formula is C5H2F10O2. The molecule has 0 rings (SSSR count). The smallest absolute Gasteiger partial charge is 0.352 e. The van der Waals surface area contributed by atoms with Crippen LogP contribution in [0.2, 0.25) is 0 Å². The minimum Gasteiger partial charge on any atom is -0.352 e. The average Bonchev–Trinajstić information content (AvgIpc) is 1.98. The van der Waals surface area contributed by atoms with Crippen molar-refractivity contribution in [2.24, 2.45) is 0 Å². The van der Waals surface area contributed by atoms with Gasteiger partial charge in [0.1, 0.15) is 0 Å². The summed E-state index contributed by atoms with van der Waals surface area (Å²) in [5, 5.41) is 15.4. The average molecular weight is 284 g/mol.